The molecule has 1 unspecified atom stereocenters. The first-order valence-corrected chi connectivity index (χ1v) is 4.82. The SMILES string of the molecule is CCN(CC(C)O)c1ccc(F)cc1. The zero-order valence-corrected chi connectivity index (χ0v) is 8.57. The third-order valence-electron chi connectivity index (χ3n) is 2.06. The fourth-order valence-corrected chi connectivity index (χ4v) is 1.39. The van der Waals surface area contributed by atoms with Gasteiger partial charge in [0.2, 0.25) is 0 Å². The molecule has 0 aliphatic carbocycles. The molecule has 0 aliphatic rings. The van der Waals surface area contributed by atoms with Gasteiger partial charge in [-0.3, -0.25) is 0 Å². The Morgan fingerprint density at radius 3 is 2.36 bits per heavy atom. The van der Waals surface area contributed by atoms with Crippen LogP contribution in [0.15, 0.2) is 24.3 Å². The van der Waals surface area contributed by atoms with Gasteiger partial charge in [-0.1, -0.05) is 0 Å². The number of halogens is 1. The fraction of sp³-hybridized carbons (Fsp3) is 0.455. The molecule has 78 valence electrons. The van der Waals surface area contributed by atoms with E-state index >= 15 is 0 Å². The molecular weight excluding hydrogens is 181 g/mol. The second-order valence-electron chi connectivity index (χ2n) is 3.36. The van der Waals surface area contributed by atoms with Gasteiger partial charge in [-0.25, -0.2) is 4.39 Å². The summed E-state index contributed by atoms with van der Waals surface area (Å²) in [4.78, 5) is 2.00. The number of anilines is 1. The second kappa shape index (κ2) is 4.96. The topological polar surface area (TPSA) is 23.5 Å². The number of benzene rings is 1. The lowest BCUT2D eigenvalue weighted by atomic mass is 10.2. The molecule has 0 heterocycles. The maximum absolute atomic E-state index is 12.6. The highest BCUT2D eigenvalue weighted by Crippen LogP contribution is 2.14. The Morgan fingerprint density at radius 2 is 1.93 bits per heavy atom. The molecule has 0 aliphatic heterocycles. The summed E-state index contributed by atoms with van der Waals surface area (Å²) in [6, 6.07) is 6.31. The monoisotopic (exact) mass is 197 g/mol. The van der Waals surface area contributed by atoms with Crippen molar-refractivity contribution >= 4 is 5.69 Å². The first-order valence-electron chi connectivity index (χ1n) is 4.82. The molecule has 1 N–H and O–H groups in total. The molecular formula is C11H16FNO. The second-order valence-corrected chi connectivity index (χ2v) is 3.36. The van der Waals surface area contributed by atoms with Crippen molar-refractivity contribution in [1.29, 1.82) is 0 Å². The van der Waals surface area contributed by atoms with E-state index in [1.54, 1.807) is 19.1 Å². The van der Waals surface area contributed by atoms with E-state index in [1.807, 2.05) is 11.8 Å². The van der Waals surface area contributed by atoms with Gasteiger partial charge in [-0.05, 0) is 38.1 Å². The summed E-state index contributed by atoms with van der Waals surface area (Å²) >= 11 is 0. The van der Waals surface area contributed by atoms with Crippen LogP contribution < -0.4 is 4.90 Å². The van der Waals surface area contributed by atoms with Gasteiger partial charge in [0.15, 0.2) is 0 Å². The number of likely N-dealkylation sites (N-methyl/N-ethyl adjacent to an activating group) is 1. The van der Waals surface area contributed by atoms with E-state index in [0.717, 1.165) is 12.2 Å². The minimum absolute atomic E-state index is 0.234. The summed E-state index contributed by atoms with van der Waals surface area (Å²) < 4.78 is 12.6. The summed E-state index contributed by atoms with van der Waals surface area (Å²) in [6.45, 7) is 5.12. The van der Waals surface area contributed by atoms with Crippen molar-refractivity contribution in [3.63, 3.8) is 0 Å². The molecule has 2 nitrogen and oxygen atoms in total. The van der Waals surface area contributed by atoms with Crippen LogP contribution in [0.3, 0.4) is 0 Å². The number of nitrogens with zero attached hydrogens (tertiary/aromatic N) is 1. The number of rotatable bonds is 4. The van der Waals surface area contributed by atoms with Crippen LogP contribution in [0.4, 0.5) is 10.1 Å². The van der Waals surface area contributed by atoms with Crippen molar-refractivity contribution in [2.24, 2.45) is 0 Å². The molecule has 0 aromatic heterocycles. The van der Waals surface area contributed by atoms with Crippen LogP contribution in [-0.2, 0) is 0 Å². The molecule has 0 spiro atoms. The number of aliphatic hydroxyl groups excluding tert-OH is 1. The van der Waals surface area contributed by atoms with E-state index in [2.05, 4.69) is 0 Å². The Hall–Kier alpha value is -1.09. The summed E-state index contributed by atoms with van der Waals surface area (Å²) in [5, 5.41) is 9.25. The predicted molar refractivity (Wildman–Crippen MR) is 56.0 cm³/mol. The third kappa shape index (κ3) is 3.00. The molecule has 0 radical (unpaired) electrons. The maximum atomic E-state index is 12.6. The zero-order valence-electron chi connectivity index (χ0n) is 8.57. The van der Waals surface area contributed by atoms with Gasteiger partial charge in [0, 0.05) is 18.8 Å². The minimum Gasteiger partial charge on any atom is -0.392 e. The van der Waals surface area contributed by atoms with Crippen molar-refractivity contribution in [3.8, 4) is 0 Å². The Bertz CT molecular complexity index is 271. The zero-order chi connectivity index (χ0) is 10.6. The van der Waals surface area contributed by atoms with Gasteiger partial charge < -0.3 is 10.0 Å². The van der Waals surface area contributed by atoms with Crippen molar-refractivity contribution < 1.29 is 9.50 Å². The summed E-state index contributed by atoms with van der Waals surface area (Å²) in [5.41, 5.74) is 0.940. The fourth-order valence-electron chi connectivity index (χ4n) is 1.39. The summed E-state index contributed by atoms with van der Waals surface area (Å²) in [7, 11) is 0. The van der Waals surface area contributed by atoms with E-state index in [-0.39, 0.29) is 11.9 Å². The molecule has 14 heavy (non-hydrogen) atoms. The Labute approximate surface area is 84.0 Å². The average Bonchev–Trinajstić information content (AvgIpc) is 2.15. The van der Waals surface area contributed by atoms with Gasteiger partial charge in [0.1, 0.15) is 5.82 Å². The van der Waals surface area contributed by atoms with Crippen LogP contribution in [0.5, 0.6) is 0 Å². The highest BCUT2D eigenvalue weighted by Gasteiger charge is 2.06. The van der Waals surface area contributed by atoms with Crippen LogP contribution >= 0.6 is 0 Å². The largest absolute Gasteiger partial charge is 0.392 e. The lowest BCUT2D eigenvalue weighted by Gasteiger charge is -2.24. The quantitative estimate of drug-likeness (QED) is 0.798. The van der Waals surface area contributed by atoms with E-state index in [0.29, 0.717) is 6.54 Å². The highest BCUT2D eigenvalue weighted by atomic mass is 19.1. The maximum Gasteiger partial charge on any atom is 0.123 e. The summed E-state index contributed by atoms with van der Waals surface area (Å²) in [6.07, 6.45) is -0.375. The van der Waals surface area contributed by atoms with Gasteiger partial charge >= 0.3 is 0 Å². The van der Waals surface area contributed by atoms with Gasteiger partial charge in [0.25, 0.3) is 0 Å². The summed E-state index contributed by atoms with van der Waals surface area (Å²) in [5.74, 6) is -0.234. The van der Waals surface area contributed by atoms with Gasteiger partial charge in [0.05, 0.1) is 6.10 Å². The van der Waals surface area contributed by atoms with Crippen LogP contribution in [0, 0.1) is 5.82 Å². The molecule has 1 aromatic carbocycles. The number of hydrogen-bond donors (Lipinski definition) is 1. The Kier molecular flexibility index (Phi) is 3.89. The van der Waals surface area contributed by atoms with Crippen LogP contribution in [0.2, 0.25) is 0 Å². The van der Waals surface area contributed by atoms with Crippen molar-refractivity contribution in [2.45, 2.75) is 20.0 Å². The van der Waals surface area contributed by atoms with Crippen molar-refractivity contribution in [1.82, 2.24) is 0 Å². The average molecular weight is 197 g/mol. The standard InChI is InChI=1S/C11H16FNO/c1-3-13(8-9(2)14)11-6-4-10(12)5-7-11/h4-7,9,14H,3,8H2,1-2H3. The highest BCUT2D eigenvalue weighted by molar-refractivity contribution is 5.46. The van der Waals surface area contributed by atoms with Gasteiger partial charge in [-0.2, -0.15) is 0 Å². The van der Waals surface area contributed by atoms with Crippen LogP contribution in [0.25, 0.3) is 0 Å². The molecule has 1 rings (SSSR count). The minimum atomic E-state index is -0.375. The Morgan fingerprint density at radius 1 is 1.36 bits per heavy atom. The number of aliphatic hydroxyl groups is 1. The van der Waals surface area contributed by atoms with Crippen LogP contribution in [-0.4, -0.2) is 24.3 Å². The van der Waals surface area contributed by atoms with E-state index in [4.69, 9.17) is 0 Å². The first-order chi connectivity index (χ1) is 6.63. The molecule has 0 saturated heterocycles. The molecule has 1 atom stereocenters. The molecule has 0 saturated carbocycles. The van der Waals surface area contributed by atoms with E-state index in [1.165, 1.54) is 12.1 Å². The Balaban J connectivity index is 2.73. The molecule has 0 amide bonds. The molecule has 1 aromatic rings. The lowest BCUT2D eigenvalue weighted by molar-refractivity contribution is 0.200. The number of hydrogen-bond acceptors (Lipinski definition) is 2. The third-order valence-corrected chi connectivity index (χ3v) is 2.06. The molecule has 0 fully saturated rings. The molecule has 0 bridgehead atoms. The van der Waals surface area contributed by atoms with E-state index in [9.17, 15) is 9.50 Å². The first kappa shape index (κ1) is 11.0. The lowest BCUT2D eigenvalue weighted by Crippen LogP contribution is -2.30. The van der Waals surface area contributed by atoms with Gasteiger partial charge in [-0.15, -0.1) is 0 Å². The van der Waals surface area contributed by atoms with Crippen molar-refractivity contribution in [2.75, 3.05) is 18.0 Å². The van der Waals surface area contributed by atoms with E-state index < -0.39 is 0 Å². The smallest absolute Gasteiger partial charge is 0.123 e. The predicted octanol–water partition coefficient (Wildman–Crippen LogP) is 2.03. The van der Waals surface area contributed by atoms with Crippen molar-refractivity contribution in [3.05, 3.63) is 30.1 Å². The molecule has 3 heteroatoms. The van der Waals surface area contributed by atoms with Crippen LogP contribution in [0.1, 0.15) is 13.8 Å². The normalized spacial score (nSPS) is 12.6.